The number of aryl methyl sites for hydroxylation is 2. The third kappa shape index (κ3) is 2.95. The lowest BCUT2D eigenvalue weighted by molar-refractivity contribution is 0.437. The summed E-state index contributed by atoms with van der Waals surface area (Å²) in [7, 11) is 1.95. The van der Waals surface area contributed by atoms with E-state index in [9.17, 15) is 4.39 Å². The highest BCUT2D eigenvalue weighted by atomic mass is 19.1. The molecular formula is C15H22FN3. The molecule has 1 aromatic carbocycles. The van der Waals surface area contributed by atoms with Crippen LogP contribution in [0.1, 0.15) is 32.0 Å². The molecule has 2 N–H and O–H groups in total. The molecule has 0 spiro atoms. The van der Waals surface area contributed by atoms with Crippen LogP contribution in [0.3, 0.4) is 0 Å². The third-order valence-electron chi connectivity index (χ3n) is 3.88. The van der Waals surface area contributed by atoms with Crippen molar-refractivity contribution in [3.05, 3.63) is 29.8 Å². The van der Waals surface area contributed by atoms with E-state index in [-0.39, 0.29) is 5.82 Å². The number of para-hydroxylation sites is 1. The van der Waals surface area contributed by atoms with Gasteiger partial charge in [-0.25, -0.2) is 9.37 Å². The normalized spacial score (nSPS) is 13.1. The van der Waals surface area contributed by atoms with Crippen LogP contribution >= 0.6 is 0 Å². The number of halogens is 1. The van der Waals surface area contributed by atoms with E-state index >= 15 is 0 Å². The van der Waals surface area contributed by atoms with Gasteiger partial charge < -0.3 is 10.3 Å². The first-order valence-corrected chi connectivity index (χ1v) is 6.97. The summed E-state index contributed by atoms with van der Waals surface area (Å²) in [5, 5.41) is 0. The summed E-state index contributed by atoms with van der Waals surface area (Å²) >= 11 is 0. The van der Waals surface area contributed by atoms with E-state index in [1.807, 2.05) is 17.7 Å². The molecule has 0 aliphatic rings. The highest BCUT2D eigenvalue weighted by molar-refractivity contribution is 5.76. The van der Waals surface area contributed by atoms with Crippen LogP contribution in [0, 0.1) is 11.7 Å². The summed E-state index contributed by atoms with van der Waals surface area (Å²) in [5.41, 5.74) is 6.96. The van der Waals surface area contributed by atoms with Crippen LogP contribution in [0.25, 0.3) is 11.0 Å². The smallest absolute Gasteiger partial charge is 0.151 e. The fraction of sp³-hybridized carbons (Fsp3) is 0.533. The van der Waals surface area contributed by atoms with Crippen LogP contribution in [-0.2, 0) is 13.5 Å². The highest BCUT2D eigenvalue weighted by Gasteiger charge is 2.13. The van der Waals surface area contributed by atoms with Gasteiger partial charge in [0, 0.05) is 13.5 Å². The minimum atomic E-state index is -0.242. The van der Waals surface area contributed by atoms with Gasteiger partial charge in [-0.2, -0.15) is 0 Å². The van der Waals surface area contributed by atoms with E-state index < -0.39 is 0 Å². The van der Waals surface area contributed by atoms with Gasteiger partial charge >= 0.3 is 0 Å². The van der Waals surface area contributed by atoms with E-state index in [1.54, 1.807) is 6.07 Å². The topological polar surface area (TPSA) is 43.8 Å². The van der Waals surface area contributed by atoms with Crippen molar-refractivity contribution in [2.45, 2.75) is 32.6 Å². The zero-order valence-corrected chi connectivity index (χ0v) is 11.7. The molecule has 19 heavy (non-hydrogen) atoms. The summed E-state index contributed by atoms with van der Waals surface area (Å²) in [6, 6.07) is 5.10. The van der Waals surface area contributed by atoms with Gasteiger partial charge in [0.15, 0.2) is 5.82 Å². The number of fused-ring (bicyclic) bond motifs is 1. The van der Waals surface area contributed by atoms with Crippen molar-refractivity contribution < 1.29 is 4.39 Å². The Labute approximate surface area is 113 Å². The van der Waals surface area contributed by atoms with E-state index in [0.29, 0.717) is 11.4 Å². The highest BCUT2D eigenvalue weighted by Crippen LogP contribution is 2.21. The first-order valence-electron chi connectivity index (χ1n) is 6.97. The number of hydrogen-bond donors (Lipinski definition) is 1. The first-order chi connectivity index (χ1) is 9.17. The van der Waals surface area contributed by atoms with E-state index in [0.717, 1.165) is 43.6 Å². The SMILES string of the molecule is CCC(CCN)CCc1nc2c(F)cccc2n1C. The summed E-state index contributed by atoms with van der Waals surface area (Å²) in [6.07, 6.45) is 4.12. The summed E-state index contributed by atoms with van der Waals surface area (Å²) in [5.74, 6) is 1.35. The molecule has 3 nitrogen and oxygen atoms in total. The van der Waals surface area contributed by atoms with Gasteiger partial charge in [-0.3, -0.25) is 0 Å². The third-order valence-corrected chi connectivity index (χ3v) is 3.88. The predicted octanol–water partition coefficient (Wildman–Crippen LogP) is 3.02. The largest absolute Gasteiger partial charge is 0.331 e. The molecule has 0 saturated heterocycles. The Balaban J connectivity index is 2.17. The molecule has 1 unspecified atom stereocenters. The molecule has 4 heteroatoms. The van der Waals surface area contributed by atoms with Gasteiger partial charge in [-0.1, -0.05) is 19.4 Å². The maximum Gasteiger partial charge on any atom is 0.151 e. The van der Waals surface area contributed by atoms with Crippen molar-refractivity contribution in [1.29, 1.82) is 0 Å². The summed E-state index contributed by atoms with van der Waals surface area (Å²) < 4.78 is 15.7. The lowest BCUT2D eigenvalue weighted by Crippen LogP contribution is -2.10. The average molecular weight is 263 g/mol. The summed E-state index contributed by atoms with van der Waals surface area (Å²) in [4.78, 5) is 4.43. The van der Waals surface area contributed by atoms with Gasteiger partial charge in [0.1, 0.15) is 11.3 Å². The molecule has 0 aliphatic heterocycles. The van der Waals surface area contributed by atoms with Crippen LogP contribution in [0.15, 0.2) is 18.2 Å². The van der Waals surface area contributed by atoms with Crippen molar-refractivity contribution >= 4 is 11.0 Å². The molecule has 0 aliphatic carbocycles. The second kappa shape index (κ2) is 6.15. The Bertz CT molecular complexity index is 548. The maximum atomic E-state index is 13.7. The Morgan fingerprint density at radius 2 is 2.16 bits per heavy atom. The Hall–Kier alpha value is -1.42. The molecule has 1 aromatic heterocycles. The number of aromatic nitrogens is 2. The number of nitrogens with zero attached hydrogens (tertiary/aromatic N) is 2. The van der Waals surface area contributed by atoms with Crippen LogP contribution in [0.2, 0.25) is 0 Å². The van der Waals surface area contributed by atoms with Crippen LogP contribution < -0.4 is 5.73 Å². The number of rotatable bonds is 6. The molecule has 0 bridgehead atoms. The average Bonchev–Trinajstić information content (AvgIpc) is 2.73. The molecule has 104 valence electrons. The van der Waals surface area contributed by atoms with Crippen LogP contribution in [0.5, 0.6) is 0 Å². The molecule has 0 radical (unpaired) electrons. The van der Waals surface area contributed by atoms with E-state index in [1.165, 1.54) is 6.07 Å². The molecule has 0 fully saturated rings. The fourth-order valence-electron chi connectivity index (χ4n) is 2.57. The van der Waals surface area contributed by atoms with Crippen LogP contribution in [-0.4, -0.2) is 16.1 Å². The number of benzene rings is 1. The Morgan fingerprint density at radius 3 is 2.79 bits per heavy atom. The van der Waals surface area contributed by atoms with Gasteiger partial charge in [0.25, 0.3) is 0 Å². The molecule has 0 amide bonds. The van der Waals surface area contributed by atoms with Crippen molar-refractivity contribution in [2.75, 3.05) is 6.54 Å². The summed E-state index contributed by atoms with van der Waals surface area (Å²) in [6.45, 7) is 2.92. The second-order valence-corrected chi connectivity index (χ2v) is 5.08. The predicted molar refractivity (Wildman–Crippen MR) is 76.4 cm³/mol. The standard InChI is InChI=1S/C15H22FN3/c1-3-11(9-10-17)7-8-14-18-15-12(16)5-4-6-13(15)19(14)2/h4-6,11H,3,7-10,17H2,1-2H3. The minimum Gasteiger partial charge on any atom is -0.331 e. The Kier molecular flexibility index (Phi) is 4.53. The molecule has 0 saturated carbocycles. The lowest BCUT2D eigenvalue weighted by Gasteiger charge is -2.12. The quantitative estimate of drug-likeness (QED) is 0.870. The minimum absolute atomic E-state index is 0.242. The van der Waals surface area contributed by atoms with Crippen molar-refractivity contribution in [2.24, 2.45) is 18.7 Å². The molecule has 2 aromatic rings. The zero-order valence-electron chi connectivity index (χ0n) is 11.7. The molecule has 1 heterocycles. The van der Waals surface area contributed by atoms with E-state index in [2.05, 4.69) is 11.9 Å². The van der Waals surface area contributed by atoms with Gasteiger partial charge in [0.2, 0.25) is 0 Å². The number of imidazole rings is 1. The molecule has 2 rings (SSSR count). The lowest BCUT2D eigenvalue weighted by atomic mass is 9.96. The van der Waals surface area contributed by atoms with Gasteiger partial charge in [0.05, 0.1) is 5.52 Å². The van der Waals surface area contributed by atoms with Gasteiger partial charge in [-0.15, -0.1) is 0 Å². The van der Waals surface area contributed by atoms with Crippen LogP contribution in [0.4, 0.5) is 4.39 Å². The number of nitrogens with two attached hydrogens (primary N) is 1. The van der Waals surface area contributed by atoms with Crippen molar-refractivity contribution in [3.8, 4) is 0 Å². The maximum absolute atomic E-state index is 13.7. The Morgan fingerprint density at radius 1 is 1.37 bits per heavy atom. The first kappa shape index (κ1) is 14.0. The van der Waals surface area contributed by atoms with E-state index in [4.69, 9.17) is 5.73 Å². The number of hydrogen-bond acceptors (Lipinski definition) is 2. The molecular weight excluding hydrogens is 241 g/mol. The zero-order chi connectivity index (χ0) is 13.8. The fourth-order valence-corrected chi connectivity index (χ4v) is 2.57. The second-order valence-electron chi connectivity index (χ2n) is 5.08. The molecule has 1 atom stereocenters. The van der Waals surface area contributed by atoms with Crippen molar-refractivity contribution in [1.82, 2.24) is 9.55 Å². The monoisotopic (exact) mass is 263 g/mol. The van der Waals surface area contributed by atoms with Gasteiger partial charge in [-0.05, 0) is 37.4 Å². The van der Waals surface area contributed by atoms with Crippen molar-refractivity contribution in [3.63, 3.8) is 0 Å².